The van der Waals surface area contributed by atoms with E-state index in [0.29, 0.717) is 26.1 Å². The van der Waals surface area contributed by atoms with Gasteiger partial charge < -0.3 is 19.5 Å². The Morgan fingerprint density at radius 3 is 2.24 bits per heavy atom. The molecule has 0 aromatic heterocycles. The summed E-state index contributed by atoms with van der Waals surface area (Å²) in [7, 11) is 0. The van der Waals surface area contributed by atoms with Crippen molar-refractivity contribution in [1.82, 2.24) is 4.90 Å². The summed E-state index contributed by atoms with van der Waals surface area (Å²) < 4.78 is 11.2. The second-order valence-electron chi connectivity index (χ2n) is 6.18. The summed E-state index contributed by atoms with van der Waals surface area (Å²) in [6, 6.07) is 19.4. The van der Waals surface area contributed by atoms with Crippen molar-refractivity contribution < 1.29 is 19.4 Å². The van der Waals surface area contributed by atoms with Gasteiger partial charge in [0, 0.05) is 6.54 Å². The van der Waals surface area contributed by atoms with Crippen LogP contribution in [-0.4, -0.2) is 41.4 Å². The fourth-order valence-corrected chi connectivity index (χ4v) is 2.82. The van der Waals surface area contributed by atoms with Crippen molar-refractivity contribution in [2.45, 2.75) is 31.8 Å². The normalized spacial score (nSPS) is 20.3. The lowest BCUT2D eigenvalue weighted by molar-refractivity contribution is -0.0833. The van der Waals surface area contributed by atoms with Crippen LogP contribution in [0, 0.1) is 0 Å². The third-order valence-electron chi connectivity index (χ3n) is 4.29. The van der Waals surface area contributed by atoms with Gasteiger partial charge >= 0.3 is 6.09 Å². The highest BCUT2D eigenvalue weighted by Crippen LogP contribution is 2.17. The Morgan fingerprint density at radius 2 is 1.60 bits per heavy atom. The molecule has 5 heteroatoms. The van der Waals surface area contributed by atoms with E-state index in [0.717, 1.165) is 11.1 Å². The van der Waals surface area contributed by atoms with E-state index in [1.165, 1.54) is 0 Å². The SMILES string of the molecule is O=C(OCc1ccccc1)N1CCC(O)C(OCc2ccccc2)C1. The number of hydrogen-bond acceptors (Lipinski definition) is 4. The number of amides is 1. The maximum absolute atomic E-state index is 12.3. The van der Waals surface area contributed by atoms with E-state index in [1.807, 2.05) is 60.7 Å². The molecule has 2 unspecified atom stereocenters. The maximum Gasteiger partial charge on any atom is 0.410 e. The molecule has 0 radical (unpaired) electrons. The van der Waals surface area contributed by atoms with Crippen molar-refractivity contribution in [3.8, 4) is 0 Å². The minimum Gasteiger partial charge on any atom is -0.445 e. The zero-order chi connectivity index (χ0) is 17.5. The molecule has 1 aliphatic heterocycles. The highest BCUT2D eigenvalue weighted by atomic mass is 16.6. The van der Waals surface area contributed by atoms with Gasteiger partial charge in [0.2, 0.25) is 0 Å². The standard InChI is InChI=1S/C20H23NO4/c22-18-11-12-21(20(23)25-15-17-9-5-2-6-10-17)13-19(18)24-14-16-7-3-1-4-8-16/h1-10,18-19,22H,11-15H2. The van der Waals surface area contributed by atoms with Crippen molar-refractivity contribution in [2.75, 3.05) is 13.1 Å². The Morgan fingerprint density at radius 1 is 1.00 bits per heavy atom. The summed E-state index contributed by atoms with van der Waals surface area (Å²) in [5.41, 5.74) is 1.99. The molecule has 1 N–H and O–H groups in total. The van der Waals surface area contributed by atoms with Crippen LogP contribution < -0.4 is 0 Å². The van der Waals surface area contributed by atoms with Crippen molar-refractivity contribution in [3.05, 3.63) is 71.8 Å². The number of nitrogens with zero attached hydrogens (tertiary/aromatic N) is 1. The molecule has 0 spiro atoms. The molecule has 0 saturated carbocycles. The molecule has 2 atom stereocenters. The molecule has 1 aliphatic rings. The van der Waals surface area contributed by atoms with Crippen LogP contribution in [0.15, 0.2) is 60.7 Å². The molecule has 5 nitrogen and oxygen atoms in total. The van der Waals surface area contributed by atoms with Crippen molar-refractivity contribution in [2.24, 2.45) is 0 Å². The Balaban J connectivity index is 1.50. The van der Waals surface area contributed by atoms with Crippen LogP contribution in [0.1, 0.15) is 17.5 Å². The first-order valence-corrected chi connectivity index (χ1v) is 8.51. The summed E-state index contributed by atoms with van der Waals surface area (Å²) >= 11 is 0. The first kappa shape index (κ1) is 17.5. The summed E-state index contributed by atoms with van der Waals surface area (Å²) in [5.74, 6) is 0. The van der Waals surface area contributed by atoms with E-state index in [9.17, 15) is 9.90 Å². The van der Waals surface area contributed by atoms with E-state index in [1.54, 1.807) is 4.90 Å². The predicted molar refractivity (Wildman–Crippen MR) is 93.8 cm³/mol. The Kier molecular flexibility index (Phi) is 6.04. The fourth-order valence-electron chi connectivity index (χ4n) is 2.82. The molecule has 0 bridgehead atoms. The topological polar surface area (TPSA) is 59.0 Å². The van der Waals surface area contributed by atoms with E-state index < -0.39 is 12.2 Å². The highest BCUT2D eigenvalue weighted by Gasteiger charge is 2.31. The largest absolute Gasteiger partial charge is 0.445 e. The lowest BCUT2D eigenvalue weighted by atomic mass is 10.1. The number of hydrogen-bond donors (Lipinski definition) is 1. The zero-order valence-electron chi connectivity index (χ0n) is 14.1. The molecule has 0 aliphatic carbocycles. The molecule has 2 aromatic rings. The number of rotatable bonds is 5. The van der Waals surface area contributed by atoms with Crippen molar-refractivity contribution in [3.63, 3.8) is 0 Å². The predicted octanol–water partition coefficient (Wildman–Crippen LogP) is 2.98. The maximum atomic E-state index is 12.3. The van der Waals surface area contributed by atoms with Crippen LogP contribution in [0.3, 0.4) is 0 Å². The van der Waals surface area contributed by atoms with Crippen LogP contribution in [0.25, 0.3) is 0 Å². The van der Waals surface area contributed by atoms with Crippen LogP contribution in [-0.2, 0) is 22.7 Å². The summed E-state index contributed by atoms with van der Waals surface area (Å²) in [5, 5.41) is 10.2. The fraction of sp³-hybridized carbons (Fsp3) is 0.350. The lowest BCUT2D eigenvalue weighted by Crippen LogP contribution is -2.50. The van der Waals surface area contributed by atoms with E-state index in [4.69, 9.17) is 9.47 Å². The van der Waals surface area contributed by atoms with Crippen molar-refractivity contribution >= 4 is 6.09 Å². The molecule has 132 valence electrons. The van der Waals surface area contributed by atoms with E-state index >= 15 is 0 Å². The molecular formula is C20H23NO4. The average molecular weight is 341 g/mol. The minimum absolute atomic E-state index is 0.244. The first-order chi connectivity index (χ1) is 12.2. The van der Waals surface area contributed by atoms with Crippen LogP contribution >= 0.6 is 0 Å². The lowest BCUT2D eigenvalue weighted by Gasteiger charge is -2.35. The highest BCUT2D eigenvalue weighted by molar-refractivity contribution is 5.67. The van der Waals surface area contributed by atoms with Crippen LogP contribution in [0.2, 0.25) is 0 Å². The number of carbonyl (C=O) groups is 1. The smallest absolute Gasteiger partial charge is 0.410 e. The van der Waals surface area contributed by atoms with Gasteiger partial charge in [0.15, 0.2) is 0 Å². The second kappa shape index (κ2) is 8.65. The molecule has 1 saturated heterocycles. The number of aliphatic hydroxyl groups excluding tert-OH is 1. The summed E-state index contributed by atoms with van der Waals surface area (Å²) in [6.07, 6.45) is -0.857. The van der Waals surface area contributed by atoms with E-state index in [2.05, 4.69) is 0 Å². The monoisotopic (exact) mass is 341 g/mol. The van der Waals surface area contributed by atoms with Gasteiger partial charge in [-0.05, 0) is 17.5 Å². The molecule has 2 aromatic carbocycles. The molecule has 25 heavy (non-hydrogen) atoms. The van der Waals surface area contributed by atoms with Gasteiger partial charge in [0.1, 0.15) is 12.7 Å². The Labute approximate surface area is 147 Å². The first-order valence-electron chi connectivity index (χ1n) is 8.51. The second-order valence-corrected chi connectivity index (χ2v) is 6.18. The van der Waals surface area contributed by atoms with Gasteiger partial charge in [-0.25, -0.2) is 4.79 Å². The minimum atomic E-state index is -0.568. The number of aliphatic hydroxyl groups is 1. The zero-order valence-corrected chi connectivity index (χ0v) is 14.1. The van der Waals surface area contributed by atoms with Gasteiger partial charge in [-0.1, -0.05) is 60.7 Å². The summed E-state index contributed by atoms with van der Waals surface area (Å²) in [6.45, 7) is 1.46. The molecular weight excluding hydrogens is 318 g/mol. The van der Waals surface area contributed by atoms with Gasteiger partial charge in [-0.2, -0.15) is 0 Å². The number of ether oxygens (including phenoxy) is 2. The van der Waals surface area contributed by atoms with Gasteiger partial charge in [-0.3, -0.25) is 0 Å². The average Bonchev–Trinajstić information content (AvgIpc) is 2.67. The van der Waals surface area contributed by atoms with Gasteiger partial charge in [-0.15, -0.1) is 0 Å². The van der Waals surface area contributed by atoms with Crippen LogP contribution in [0.4, 0.5) is 4.79 Å². The molecule has 1 amide bonds. The third kappa shape index (κ3) is 5.05. The van der Waals surface area contributed by atoms with Crippen LogP contribution in [0.5, 0.6) is 0 Å². The van der Waals surface area contributed by atoms with Gasteiger partial charge in [0.25, 0.3) is 0 Å². The number of benzene rings is 2. The Hall–Kier alpha value is -2.37. The van der Waals surface area contributed by atoms with Crippen molar-refractivity contribution in [1.29, 1.82) is 0 Å². The third-order valence-corrected chi connectivity index (χ3v) is 4.29. The van der Waals surface area contributed by atoms with Gasteiger partial charge in [0.05, 0.1) is 19.3 Å². The molecule has 1 heterocycles. The summed E-state index contributed by atoms with van der Waals surface area (Å²) in [4.78, 5) is 13.9. The quantitative estimate of drug-likeness (QED) is 0.908. The number of carbonyl (C=O) groups excluding carboxylic acids is 1. The number of piperidine rings is 1. The Bertz CT molecular complexity index is 662. The molecule has 1 fully saturated rings. The van der Waals surface area contributed by atoms with E-state index in [-0.39, 0.29) is 12.7 Å². The number of likely N-dealkylation sites (tertiary alicyclic amines) is 1. The molecule has 3 rings (SSSR count).